The largest absolute Gasteiger partial charge is 0.378 e. The molecule has 0 saturated heterocycles. The van der Waals surface area contributed by atoms with Crippen LogP contribution in [0.5, 0.6) is 0 Å². The zero-order chi connectivity index (χ0) is 12.1. The Morgan fingerprint density at radius 3 is 2.71 bits per heavy atom. The van der Waals surface area contributed by atoms with Gasteiger partial charge in [-0.25, -0.2) is 0 Å². The summed E-state index contributed by atoms with van der Waals surface area (Å²) >= 11 is 0. The zero-order valence-corrected chi connectivity index (χ0v) is 10.1. The predicted octanol–water partition coefficient (Wildman–Crippen LogP) is 2.24. The molecule has 0 spiro atoms. The van der Waals surface area contributed by atoms with E-state index in [0.717, 1.165) is 26.0 Å². The Morgan fingerprint density at radius 1 is 1.41 bits per heavy atom. The number of hydrogen-bond donors (Lipinski definition) is 1. The molecular formula is C14H18N2O. The smallest absolute Gasteiger partial charge is 0.111 e. The average molecular weight is 230 g/mol. The molecule has 0 aliphatic heterocycles. The number of benzene rings is 1. The SMILES string of the molecule is CCOC1CC(C#N)(NCc2ccccc2)C1. The Labute approximate surface area is 102 Å². The van der Waals surface area contributed by atoms with Crippen LogP contribution >= 0.6 is 0 Å². The van der Waals surface area contributed by atoms with Crippen molar-refractivity contribution in [1.29, 1.82) is 5.26 Å². The summed E-state index contributed by atoms with van der Waals surface area (Å²) in [5, 5.41) is 12.6. The van der Waals surface area contributed by atoms with E-state index in [1.807, 2.05) is 25.1 Å². The molecule has 90 valence electrons. The second-order valence-corrected chi connectivity index (χ2v) is 4.52. The molecular weight excluding hydrogens is 212 g/mol. The highest BCUT2D eigenvalue weighted by Crippen LogP contribution is 2.34. The van der Waals surface area contributed by atoms with Crippen molar-refractivity contribution >= 4 is 0 Å². The second-order valence-electron chi connectivity index (χ2n) is 4.52. The summed E-state index contributed by atoms with van der Waals surface area (Å²) in [4.78, 5) is 0. The molecule has 3 heteroatoms. The molecule has 0 heterocycles. The van der Waals surface area contributed by atoms with Gasteiger partial charge in [0.05, 0.1) is 12.2 Å². The first kappa shape index (κ1) is 12.1. The lowest BCUT2D eigenvalue weighted by Crippen LogP contribution is -2.57. The molecule has 1 aromatic carbocycles. The van der Waals surface area contributed by atoms with Crippen molar-refractivity contribution in [2.24, 2.45) is 0 Å². The maximum Gasteiger partial charge on any atom is 0.111 e. The first-order valence-electron chi connectivity index (χ1n) is 6.10. The van der Waals surface area contributed by atoms with Gasteiger partial charge in [-0.1, -0.05) is 30.3 Å². The molecule has 0 aromatic heterocycles. The highest BCUT2D eigenvalue weighted by Gasteiger charge is 2.44. The van der Waals surface area contributed by atoms with Gasteiger partial charge in [0.15, 0.2) is 0 Å². The summed E-state index contributed by atoms with van der Waals surface area (Å²) in [7, 11) is 0. The molecule has 1 N–H and O–H groups in total. The summed E-state index contributed by atoms with van der Waals surface area (Å²) < 4.78 is 5.50. The first-order valence-corrected chi connectivity index (χ1v) is 6.10. The molecule has 2 rings (SSSR count). The van der Waals surface area contributed by atoms with Crippen LogP contribution in [0.25, 0.3) is 0 Å². The normalized spacial score (nSPS) is 27.2. The van der Waals surface area contributed by atoms with Crippen molar-refractivity contribution in [3.05, 3.63) is 35.9 Å². The van der Waals surface area contributed by atoms with E-state index in [1.165, 1.54) is 5.56 Å². The highest BCUT2D eigenvalue weighted by molar-refractivity contribution is 5.20. The van der Waals surface area contributed by atoms with Crippen molar-refractivity contribution in [2.75, 3.05) is 6.61 Å². The van der Waals surface area contributed by atoms with Gasteiger partial charge in [-0.2, -0.15) is 5.26 Å². The summed E-state index contributed by atoms with van der Waals surface area (Å²) in [6, 6.07) is 12.5. The van der Waals surface area contributed by atoms with Gasteiger partial charge in [0.1, 0.15) is 5.54 Å². The molecule has 3 nitrogen and oxygen atoms in total. The Hall–Kier alpha value is -1.37. The number of hydrogen-bond acceptors (Lipinski definition) is 3. The first-order chi connectivity index (χ1) is 8.28. The minimum atomic E-state index is -0.379. The lowest BCUT2D eigenvalue weighted by atomic mass is 9.75. The van der Waals surface area contributed by atoms with Gasteiger partial charge in [0.2, 0.25) is 0 Å². The fourth-order valence-electron chi connectivity index (χ4n) is 2.21. The van der Waals surface area contributed by atoms with Crippen LogP contribution in [0.15, 0.2) is 30.3 Å². The Bertz CT molecular complexity index is 390. The van der Waals surface area contributed by atoms with Crippen molar-refractivity contribution in [2.45, 2.75) is 38.0 Å². The van der Waals surface area contributed by atoms with Gasteiger partial charge >= 0.3 is 0 Å². The van der Waals surface area contributed by atoms with E-state index < -0.39 is 0 Å². The summed E-state index contributed by atoms with van der Waals surface area (Å²) in [5.74, 6) is 0. The van der Waals surface area contributed by atoms with Crippen molar-refractivity contribution in [3.8, 4) is 6.07 Å². The van der Waals surface area contributed by atoms with Gasteiger partial charge in [-0.3, -0.25) is 5.32 Å². The van der Waals surface area contributed by atoms with Crippen molar-refractivity contribution in [1.82, 2.24) is 5.32 Å². The number of nitrogens with zero attached hydrogens (tertiary/aromatic N) is 1. The maximum atomic E-state index is 9.23. The fraction of sp³-hybridized carbons (Fsp3) is 0.500. The molecule has 0 bridgehead atoms. The molecule has 1 aliphatic rings. The summed E-state index contributed by atoms with van der Waals surface area (Å²) in [6.07, 6.45) is 1.84. The Kier molecular flexibility index (Phi) is 3.78. The molecule has 0 amide bonds. The van der Waals surface area contributed by atoms with Gasteiger partial charge < -0.3 is 4.74 Å². The molecule has 1 fully saturated rings. The van der Waals surface area contributed by atoms with Crippen LogP contribution < -0.4 is 5.32 Å². The van der Waals surface area contributed by atoms with Gasteiger partial charge in [0.25, 0.3) is 0 Å². The van der Waals surface area contributed by atoms with E-state index in [9.17, 15) is 5.26 Å². The topological polar surface area (TPSA) is 45.0 Å². The molecule has 0 unspecified atom stereocenters. The maximum absolute atomic E-state index is 9.23. The van der Waals surface area contributed by atoms with E-state index in [-0.39, 0.29) is 11.6 Å². The highest BCUT2D eigenvalue weighted by atomic mass is 16.5. The zero-order valence-electron chi connectivity index (χ0n) is 10.1. The molecule has 17 heavy (non-hydrogen) atoms. The quantitative estimate of drug-likeness (QED) is 0.843. The van der Waals surface area contributed by atoms with Crippen LogP contribution in [0, 0.1) is 11.3 Å². The van der Waals surface area contributed by atoms with Crippen molar-refractivity contribution < 1.29 is 4.74 Å². The third-order valence-electron chi connectivity index (χ3n) is 3.24. The molecule has 0 atom stereocenters. The van der Waals surface area contributed by atoms with E-state index in [0.29, 0.717) is 0 Å². The van der Waals surface area contributed by atoms with Gasteiger partial charge in [-0.05, 0) is 12.5 Å². The van der Waals surface area contributed by atoms with Gasteiger partial charge in [0, 0.05) is 26.0 Å². The number of nitriles is 1. The minimum absolute atomic E-state index is 0.253. The monoisotopic (exact) mass is 230 g/mol. The third kappa shape index (κ3) is 2.85. The van der Waals surface area contributed by atoms with E-state index >= 15 is 0 Å². The van der Waals surface area contributed by atoms with Crippen LogP contribution in [-0.4, -0.2) is 18.2 Å². The Balaban J connectivity index is 1.84. The summed E-state index contributed by atoms with van der Waals surface area (Å²) in [6.45, 7) is 3.46. The average Bonchev–Trinajstić information content (AvgIpc) is 2.33. The van der Waals surface area contributed by atoms with Crippen LogP contribution in [0.2, 0.25) is 0 Å². The number of rotatable bonds is 5. The van der Waals surface area contributed by atoms with Crippen molar-refractivity contribution in [3.63, 3.8) is 0 Å². The predicted molar refractivity (Wildman–Crippen MR) is 66.3 cm³/mol. The molecule has 0 radical (unpaired) electrons. The fourth-order valence-corrected chi connectivity index (χ4v) is 2.21. The van der Waals surface area contributed by atoms with Crippen LogP contribution in [0.4, 0.5) is 0 Å². The lowest BCUT2D eigenvalue weighted by Gasteiger charge is -2.42. The van der Waals surface area contributed by atoms with Crippen LogP contribution in [-0.2, 0) is 11.3 Å². The summed E-state index contributed by atoms with van der Waals surface area (Å²) in [5.41, 5.74) is 0.831. The van der Waals surface area contributed by atoms with Crippen LogP contribution in [0.3, 0.4) is 0 Å². The molecule has 1 aliphatic carbocycles. The van der Waals surface area contributed by atoms with Crippen LogP contribution in [0.1, 0.15) is 25.3 Å². The van der Waals surface area contributed by atoms with E-state index in [1.54, 1.807) is 0 Å². The number of ether oxygens (including phenoxy) is 1. The standard InChI is InChI=1S/C14H18N2O/c1-2-17-13-8-14(9-13,11-15)16-10-12-6-4-3-5-7-12/h3-7,13,16H,2,8-10H2,1H3. The lowest BCUT2D eigenvalue weighted by molar-refractivity contribution is -0.0319. The third-order valence-corrected chi connectivity index (χ3v) is 3.24. The molecule has 1 aromatic rings. The van der Waals surface area contributed by atoms with E-state index in [2.05, 4.69) is 23.5 Å². The minimum Gasteiger partial charge on any atom is -0.378 e. The number of nitrogens with one attached hydrogen (secondary N) is 1. The van der Waals surface area contributed by atoms with E-state index in [4.69, 9.17) is 4.74 Å². The van der Waals surface area contributed by atoms with Gasteiger partial charge in [-0.15, -0.1) is 0 Å². The molecule has 1 saturated carbocycles. The second kappa shape index (κ2) is 5.31. The Morgan fingerprint density at radius 2 is 2.12 bits per heavy atom.